The van der Waals surface area contributed by atoms with Crippen molar-refractivity contribution in [2.75, 3.05) is 13.2 Å². The molecule has 1 fully saturated rings. The first-order valence-electron chi connectivity index (χ1n) is 4.48. The van der Waals surface area contributed by atoms with Crippen LogP contribution in [0, 0.1) is 5.92 Å². The fraction of sp³-hybridized carbons (Fsp3) is 0.750. The van der Waals surface area contributed by atoms with Gasteiger partial charge >= 0.3 is 0 Å². The van der Waals surface area contributed by atoms with Crippen molar-refractivity contribution >= 4 is 11.7 Å². The van der Waals surface area contributed by atoms with Crippen LogP contribution in [0.1, 0.15) is 24.6 Å². The highest BCUT2D eigenvalue weighted by molar-refractivity contribution is 6.99. The van der Waals surface area contributed by atoms with E-state index in [0.717, 1.165) is 31.7 Å². The Kier molecular flexibility index (Phi) is 2.87. The SMILES string of the molecule is NC(c1cnsn1)C1CCOCC1. The molecule has 1 aliphatic rings. The van der Waals surface area contributed by atoms with Gasteiger partial charge in [-0.25, -0.2) is 0 Å². The van der Waals surface area contributed by atoms with Crippen LogP contribution in [0.4, 0.5) is 0 Å². The van der Waals surface area contributed by atoms with Gasteiger partial charge in [-0.05, 0) is 18.8 Å². The van der Waals surface area contributed by atoms with Crippen LogP contribution in [-0.4, -0.2) is 22.0 Å². The quantitative estimate of drug-likeness (QED) is 0.770. The molecule has 0 bridgehead atoms. The summed E-state index contributed by atoms with van der Waals surface area (Å²) in [4.78, 5) is 0. The molecule has 0 radical (unpaired) electrons. The summed E-state index contributed by atoms with van der Waals surface area (Å²) in [6.07, 6.45) is 3.85. The molecule has 1 aliphatic heterocycles. The van der Waals surface area contributed by atoms with E-state index < -0.39 is 0 Å². The summed E-state index contributed by atoms with van der Waals surface area (Å²) >= 11 is 1.22. The molecule has 5 heteroatoms. The van der Waals surface area contributed by atoms with Gasteiger partial charge in [0.05, 0.1) is 29.7 Å². The molecule has 1 aromatic rings. The first-order valence-corrected chi connectivity index (χ1v) is 5.22. The Labute approximate surface area is 81.4 Å². The van der Waals surface area contributed by atoms with Gasteiger partial charge < -0.3 is 10.5 Å². The van der Waals surface area contributed by atoms with Gasteiger partial charge in [0.25, 0.3) is 0 Å². The third kappa shape index (κ3) is 2.04. The summed E-state index contributed by atoms with van der Waals surface area (Å²) in [5.41, 5.74) is 6.99. The molecule has 2 rings (SSSR count). The first-order chi connectivity index (χ1) is 6.38. The monoisotopic (exact) mass is 199 g/mol. The van der Waals surface area contributed by atoms with Crippen LogP contribution < -0.4 is 5.73 Å². The van der Waals surface area contributed by atoms with Gasteiger partial charge in [-0.3, -0.25) is 0 Å². The van der Waals surface area contributed by atoms with Gasteiger partial charge in [0.15, 0.2) is 0 Å². The summed E-state index contributed by atoms with van der Waals surface area (Å²) < 4.78 is 13.4. The van der Waals surface area contributed by atoms with Gasteiger partial charge in [-0.1, -0.05) is 0 Å². The molecule has 72 valence electrons. The zero-order chi connectivity index (χ0) is 9.10. The third-order valence-electron chi connectivity index (χ3n) is 2.49. The molecule has 1 atom stereocenters. The zero-order valence-electron chi connectivity index (χ0n) is 7.35. The molecule has 2 N–H and O–H groups in total. The van der Waals surface area contributed by atoms with E-state index in [9.17, 15) is 0 Å². The predicted molar refractivity (Wildman–Crippen MR) is 50.4 cm³/mol. The Bertz CT molecular complexity index is 246. The van der Waals surface area contributed by atoms with E-state index in [-0.39, 0.29) is 6.04 Å². The zero-order valence-corrected chi connectivity index (χ0v) is 8.17. The Morgan fingerprint density at radius 3 is 2.92 bits per heavy atom. The molecule has 0 amide bonds. The minimum absolute atomic E-state index is 0.0441. The number of hydrogen-bond acceptors (Lipinski definition) is 5. The maximum absolute atomic E-state index is 6.06. The van der Waals surface area contributed by atoms with Gasteiger partial charge in [0, 0.05) is 13.2 Å². The van der Waals surface area contributed by atoms with E-state index in [0.29, 0.717) is 5.92 Å². The predicted octanol–water partition coefficient (Wildman–Crippen LogP) is 0.964. The largest absolute Gasteiger partial charge is 0.381 e. The Morgan fingerprint density at radius 2 is 2.31 bits per heavy atom. The number of nitrogens with zero attached hydrogens (tertiary/aromatic N) is 2. The van der Waals surface area contributed by atoms with Crippen LogP contribution in [0.2, 0.25) is 0 Å². The average Bonchev–Trinajstić information content (AvgIpc) is 2.71. The minimum Gasteiger partial charge on any atom is -0.381 e. The van der Waals surface area contributed by atoms with Crippen molar-refractivity contribution in [3.8, 4) is 0 Å². The number of aromatic nitrogens is 2. The van der Waals surface area contributed by atoms with Crippen LogP contribution in [0.5, 0.6) is 0 Å². The molecule has 0 aromatic carbocycles. The van der Waals surface area contributed by atoms with Crippen LogP contribution in [0.25, 0.3) is 0 Å². The third-order valence-corrected chi connectivity index (χ3v) is 2.99. The minimum atomic E-state index is 0.0441. The fourth-order valence-corrected chi connectivity index (χ4v) is 2.10. The van der Waals surface area contributed by atoms with E-state index in [1.165, 1.54) is 11.7 Å². The van der Waals surface area contributed by atoms with E-state index in [1.54, 1.807) is 6.20 Å². The van der Waals surface area contributed by atoms with Crippen LogP contribution in [0.15, 0.2) is 6.20 Å². The molecule has 4 nitrogen and oxygen atoms in total. The second kappa shape index (κ2) is 4.13. The lowest BCUT2D eigenvalue weighted by atomic mass is 9.91. The molecule has 1 aromatic heterocycles. The molecule has 2 heterocycles. The summed E-state index contributed by atoms with van der Waals surface area (Å²) in [6.45, 7) is 1.66. The van der Waals surface area contributed by atoms with Crippen molar-refractivity contribution in [1.29, 1.82) is 0 Å². The highest BCUT2D eigenvalue weighted by atomic mass is 32.1. The summed E-state index contributed by atoms with van der Waals surface area (Å²) in [6, 6.07) is 0.0441. The van der Waals surface area contributed by atoms with Crippen LogP contribution in [0.3, 0.4) is 0 Å². The van der Waals surface area contributed by atoms with Crippen molar-refractivity contribution in [3.63, 3.8) is 0 Å². The van der Waals surface area contributed by atoms with Gasteiger partial charge in [-0.2, -0.15) is 8.75 Å². The summed E-state index contributed by atoms with van der Waals surface area (Å²) in [5.74, 6) is 0.512. The van der Waals surface area contributed by atoms with Crippen LogP contribution in [-0.2, 0) is 4.74 Å². The molecular formula is C8H13N3OS. The fourth-order valence-electron chi connectivity index (χ4n) is 1.64. The lowest BCUT2D eigenvalue weighted by Crippen LogP contribution is -2.27. The molecule has 0 spiro atoms. The number of ether oxygens (including phenoxy) is 1. The molecule has 0 aliphatic carbocycles. The van der Waals surface area contributed by atoms with Gasteiger partial charge in [0.1, 0.15) is 0 Å². The number of hydrogen-bond donors (Lipinski definition) is 1. The smallest absolute Gasteiger partial charge is 0.0912 e. The second-order valence-electron chi connectivity index (χ2n) is 3.31. The Morgan fingerprint density at radius 1 is 1.54 bits per heavy atom. The van der Waals surface area contributed by atoms with Gasteiger partial charge in [0.2, 0.25) is 0 Å². The number of nitrogens with two attached hydrogens (primary N) is 1. The highest BCUT2D eigenvalue weighted by Crippen LogP contribution is 2.26. The van der Waals surface area contributed by atoms with E-state index in [1.807, 2.05) is 0 Å². The van der Waals surface area contributed by atoms with Crippen LogP contribution >= 0.6 is 11.7 Å². The molecular weight excluding hydrogens is 186 g/mol. The lowest BCUT2D eigenvalue weighted by Gasteiger charge is -2.26. The Balaban J connectivity index is 1.99. The molecule has 1 saturated heterocycles. The van der Waals surface area contributed by atoms with E-state index in [2.05, 4.69) is 8.75 Å². The molecule has 13 heavy (non-hydrogen) atoms. The molecule has 1 unspecified atom stereocenters. The van der Waals surface area contributed by atoms with Gasteiger partial charge in [-0.15, -0.1) is 0 Å². The maximum Gasteiger partial charge on any atom is 0.0912 e. The topological polar surface area (TPSA) is 61.0 Å². The average molecular weight is 199 g/mol. The highest BCUT2D eigenvalue weighted by Gasteiger charge is 2.23. The standard InChI is InChI=1S/C8H13N3OS/c9-8(7-5-10-13-11-7)6-1-3-12-4-2-6/h5-6,8H,1-4,9H2. The van der Waals surface area contributed by atoms with Crippen molar-refractivity contribution in [2.45, 2.75) is 18.9 Å². The van der Waals surface area contributed by atoms with Crippen molar-refractivity contribution in [2.24, 2.45) is 11.7 Å². The lowest BCUT2D eigenvalue weighted by molar-refractivity contribution is 0.0580. The van der Waals surface area contributed by atoms with E-state index in [4.69, 9.17) is 10.5 Å². The first kappa shape index (κ1) is 9.05. The number of rotatable bonds is 2. The maximum atomic E-state index is 6.06. The van der Waals surface area contributed by atoms with Crippen molar-refractivity contribution in [3.05, 3.63) is 11.9 Å². The normalized spacial score (nSPS) is 21.6. The molecule has 0 saturated carbocycles. The summed E-state index contributed by atoms with van der Waals surface area (Å²) in [7, 11) is 0. The van der Waals surface area contributed by atoms with Crippen molar-refractivity contribution < 1.29 is 4.74 Å². The second-order valence-corrected chi connectivity index (χ2v) is 3.86. The van der Waals surface area contributed by atoms with Crippen molar-refractivity contribution in [1.82, 2.24) is 8.75 Å². The Hall–Kier alpha value is -0.520. The summed E-state index contributed by atoms with van der Waals surface area (Å²) in [5, 5.41) is 0. The van der Waals surface area contributed by atoms with E-state index >= 15 is 0 Å².